The molecule has 3 aromatic heterocycles. The fraction of sp³-hybridized carbons (Fsp3) is 0.404. The van der Waals surface area contributed by atoms with Crippen LogP contribution in [0.5, 0.6) is 17.4 Å². The Morgan fingerprint density at radius 2 is 1.66 bits per heavy atom. The molecule has 1 saturated carbocycles. The van der Waals surface area contributed by atoms with E-state index in [-0.39, 0.29) is 66.0 Å². The molecule has 3 aromatic carbocycles. The number of amides is 3. The number of thiazole rings is 1. The van der Waals surface area contributed by atoms with Gasteiger partial charge in [-0.2, -0.15) is 0 Å². The maximum absolute atomic E-state index is 14.2. The van der Waals surface area contributed by atoms with E-state index in [1.807, 2.05) is 81.7 Å². The van der Waals surface area contributed by atoms with E-state index in [0.717, 1.165) is 45.9 Å². The van der Waals surface area contributed by atoms with Gasteiger partial charge in [-0.05, 0) is 71.1 Å². The molecule has 70 heavy (non-hydrogen) atoms. The summed E-state index contributed by atoms with van der Waals surface area (Å²) in [7, 11) is 0. The number of ether oxygens (including phenoxy) is 2. The third kappa shape index (κ3) is 10.8. The van der Waals surface area contributed by atoms with Gasteiger partial charge in [0, 0.05) is 69.2 Å². The molecule has 6 N–H and O–H groups in total. The largest absolute Gasteiger partial charge is 0.507 e. The quantitative estimate of drug-likeness (QED) is 0.0634. The Hall–Kier alpha value is -6.89. The maximum Gasteiger partial charge on any atom is 0.254 e. The van der Waals surface area contributed by atoms with Crippen LogP contribution in [0.4, 0.5) is 5.82 Å². The van der Waals surface area contributed by atoms with Crippen molar-refractivity contribution in [3.05, 3.63) is 119 Å². The molecule has 3 fully saturated rings. The first kappa shape index (κ1) is 48.1. The summed E-state index contributed by atoms with van der Waals surface area (Å²) in [4.78, 5) is 50.3. The summed E-state index contributed by atoms with van der Waals surface area (Å²) in [6.45, 7) is 11.2. The van der Waals surface area contributed by atoms with Crippen molar-refractivity contribution < 1.29 is 38.6 Å². The van der Waals surface area contributed by atoms with Crippen LogP contribution in [-0.2, 0) is 27.3 Å². The number of carbonyl (C=O) groups is 3. The van der Waals surface area contributed by atoms with Crippen molar-refractivity contribution in [2.24, 2.45) is 23.7 Å². The van der Waals surface area contributed by atoms with Crippen molar-refractivity contribution in [3.63, 3.8) is 0 Å². The molecule has 2 saturated heterocycles. The smallest absolute Gasteiger partial charge is 0.254 e. The van der Waals surface area contributed by atoms with Crippen molar-refractivity contribution in [1.82, 2.24) is 40.8 Å². The van der Waals surface area contributed by atoms with E-state index < -0.39 is 18.1 Å². The van der Waals surface area contributed by atoms with Gasteiger partial charge in [0.15, 0.2) is 17.3 Å². The predicted molar refractivity (Wildman–Crippen MR) is 262 cm³/mol. The lowest BCUT2D eigenvalue weighted by Gasteiger charge is -2.29. The number of nitrogens with one attached hydrogen (secondary N) is 2. The van der Waals surface area contributed by atoms with Crippen LogP contribution in [-0.4, -0.2) is 110 Å². The van der Waals surface area contributed by atoms with Crippen molar-refractivity contribution in [2.45, 2.75) is 71.2 Å². The first-order chi connectivity index (χ1) is 33.8. The molecule has 0 radical (unpaired) electrons. The number of aromatic nitrogens is 4. The molecule has 3 aliphatic rings. The van der Waals surface area contributed by atoms with Gasteiger partial charge in [0.05, 0.1) is 34.8 Å². The second-order valence-corrected chi connectivity index (χ2v) is 19.7. The first-order valence-electron chi connectivity index (χ1n) is 23.8. The number of anilines is 1. The fourth-order valence-corrected chi connectivity index (χ4v) is 10.6. The molecular formula is C52H59N9O8S. The molecule has 5 heterocycles. The number of aryl methyl sites for hydroxylation is 1. The highest BCUT2D eigenvalue weighted by atomic mass is 32.1. The summed E-state index contributed by atoms with van der Waals surface area (Å²) >= 11 is 1.58. The number of phenols is 1. The number of hydrogen-bond acceptors (Lipinski definition) is 15. The summed E-state index contributed by atoms with van der Waals surface area (Å²) in [5, 5.41) is 39.3. The van der Waals surface area contributed by atoms with Gasteiger partial charge in [-0.3, -0.25) is 19.3 Å². The minimum atomic E-state index is -0.842. The summed E-state index contributed by atoms with van der Waals surface area (Å²) < 4.78 is 17.6. The zero-order chi connectivity index (χ0) is 49.1. The number of aliphatic hydroxyl groups is 1. The lowest BCUT2D eigenvalue weighted by Crippen LogP contribution is -2.48. The zero-order valence-corrected chi connectivity index (χ0v) is 40.5. The molecule has 9 rings (SSSR count). The van der Waals surface area contributed by atoms with Crippen molar-refractivity contribution >= 4 is 34.9 Å². The third-order valence-corrected chi connectivity index (χ3v) is 14.7. The Bertz CT molecular complexity index is 2790. The SMILES string of the molecule is Cc1ncsc1-c1ccc([C@H](C)NC(=O)[C@@H]2C[C@@H](O)CN2C(=O)[C@@H](c2cc(OCCN3C[C@@H]4C(C(=O)NCc5ccc(CCOc6cc(-c7ccccc7O)nnc6N)cc5)[C@@H]4C3)no2)C(C)C)cc1. The van der Waals surface area contributed by atoms with Gasteiger partial charge in [0.1, 0.15) is 30.0 Å². The molecule has 3 amide bonds. The van der Waals surface area contributed by atoms with Crippen molar-refractivity contribution in [2.75, 3.05) is 45.1 Å². The van der Waals surface area contributed by atoms with E-state index in [1.165, 1.54) is 4.90 Å². The van der Waals surface area contributed by atoms with Crippen LogP contribution in [0.3, 0.4) is 0 Å². The van der Waals surface area contributed by atoms with Crippen LogP contribution in [0.1, 0.15) is 67.3 Å². The number of piperidine rings is 1. The highest BCUT2D eigenvalue weighted by Gasteiger charge is 2.59. The van der Waals surface area contributed by atoms with Crippen LogP contribution in [0.15, 0.2) is 95.0 Å². The average molecular weight is 970 g/mol. The molecular weight excluding hydrogens is 911 g/mol. The number of aromatic hydroxyl groups is 1. The summed E-state index contributed by atoms with van der Waals surface area (Å²) in [6.07, 6.45) is -0.0691. The van der Waals surface area contributed by atoms with Crippen LogP contribution < -0.4 is 25.8 Å². The second kappa shape index (κ2) is 21.0. The van der Waals surface area contributed by atoms with E-state index in [0.29, 0.717) is 67.3 Å². The number of rotatable bonds is 19. The van der Waals surface area contributed by atoms with Crippen LogP contribution >= 0.6 is 11.3 Å². The van der Waals surface area contributed by atoms with E-state index in [2.05, 4.69) is 35.9 Å². The molecule has 2 aliphatic heterocycles. The molecule has 0 spiro atoms. The molecule has 366 valence electrons. The number of nitrogens with two attached hydrogens (primary N) is 1. The van der Waals surface area contributed by atoms with Crippen molar-refractivity contribution in [3.8, 4) is 39.1 Å². The third-order valence-electron chi connectivity index (χ3n) is 13.7. The van der Waals surface area contributed by atoms with Gasteiger partial charge < -0.3 is 45.5 Å². The maximum atomic E-state index is 14.2. The molecule has 1 unspecified atom stereocenters. The first-order valence-corrected chi connectivity index (χ1v) is 24.7. The van der Waals surface area contributed by atoms with Gasteiger partial charge in [-0.1, -0.05) is 74.5 Å². The molecule has 0 bridgehead atoms. The van der Waals surface area contributed by atoms with Gasteiger partial charge in [-0.15, -0.1) is 21.5 Å². The monoisotopic (exact) mass is 969 g/mol. The van der Waals surface area contributed by atoms with E-state index in [4.69, 9.17) is 19.7 Å². The number of hydrogen-bond donors (Lipinski definition) is 5. The predicted octanol–water partition coefficient (Wildman–Crippen LogP) is 5.92. The van der Waals surface area contributed by atoms with Gasteiger partial charge >= 0.3 is 0 Å². The standard InChI is InChI=1S/C52H59N9O8S/c1-29(2)46(52(66)61-25-36(62)21-41(61)50(64)56-30(3)34-13-15-35(16-14-34)48-31(4)55-28-70-48)43-23-45(59-69-43)68-20-18-60-26-38-39(27-60)47(38)51(65)54-24-33-11-9-32(10-12-33)17-19-67-44-22-40(57-58-49(44)53)37-7-5-6-8-42(37)63/h5-16,22-23,28-30,36,38-39,41,46-47,62-63H,17-21,24-27H2,1-4H3,(H2,53,58)(H,54,65)(H,56,64)/t30-,36+,38-,39+,41-,46+,47?/m0/s1. The molecule has 17 nitrogen and oxygen atoms in total. The number of aliphatic hydroxyl groups excluding tert-OH is 1. The summed E-state index contributed by atoms with van der Waals surface area (Å²) in [5.74, 6) is 0.384. The Balaban J connectivity index is 0.689. The highest BCUT2D eigenvalue weighted by Crippen LogP contribution is 2.51. The topological polar surface area (TPSA) is 231 Å². The van der Waals surface area contributed by atoms with Gasteiger partial charge in [0.25, 0.3) is 5.88 Å². The molecule has 6 aromatic rings. The van der Waals surface area contributed by atoms with E-state index in [1.54, 1.807) is 47.7 Å². The highest BCUT2D eigenvalue weighted by molar-refractivity contribution is 7.13. The number of nitrogens with zero attached hydrogens (tertiary/aromatic N) is 6. The van der Waals surface area contributed by atoms with Crippen LogP contribution in [0, 0.1) is 30.6 Å². The number of para-hydroxylation sites is 1. The second-order valence-electron chi connectivity index (χ2n) is 18.9. The Kier molecular flexibility index (Phi) is 14.4. The summed E-state index contributed by atoms with van der Waals surface area (Å²) in [5.41, 5.74) is 13.9. The number of β-amino-alcohol motifs (C(OH)–C–C–N with tert-alkyl or cyclic N) is 1. The van der Waals surface area contributed by atoms with E-state index >= 15 is 0 Å². The van der Waals surface area contributed by atoms with Gasteiger partial charge in [-0.25, -0.2) is 4.98 Å². The van der Waals surface area contributed by atoms with Crippen LogP contribution in [0.25, 0.3) is 21.7 Å². The van der Waals surface area contributed by atoms with E-state index in [9.17, 15) is 24.6 Å². The Morgan fingerprint density at radius 1 is 0.914 bits per heavy atom. The number of fused-ring (bicyclic) bond motifs is 1. The van der Waals surface area contributed by atoms with Gasteiger partial charge in [0.2, 0.25) is 17.7 Å². The Morgan fingerprint density at radius 3 is 2.37 bits per heavy atom. The minimum Gasteiger partial charge on any atom is -0.507 e. The number of benzene rings is 3. The molecule has 7 atom stereocenters. The van der Waals surface area contributed by atoms with Crippen molar-refractivity contribution in [1.29, 1.82) is 0 Å². The lowest BCUT2D eigenvalue weighted by molar-refractivity contribution is -0.141. The van der Waals surface area contributed by atoms with Crippen LogP contribution in [0.2, 0.25) is 0 Å². The average Bonchev–Trinajstić information content (AvgIpc) is 3.92. The zero-order valence-electron chi connectivity index (χ0n) is 39.7. The number of likely N-dealkylation sites (tertiary alicyclic amines) is 2. The normalized spacial score (nSPS) is 20.5. The number of nitrogen functional groups attached to an aromatic ring is 1. The minimum absolute atomic E-state index is 0.00100. The number of carbonyl (C=O) groups excluding carboxylic acids is 3. The fourth-order valence-electron chi connectivity index (χ4n) is 9.80. The number of phenolic OH excluding ortho intramolecular Hbond substituents is 1. The lowest BCUT2D eigenvalue weighted by atomic mass is 9.91. The Labute approximate surface area is 410 Å². The molecule has 1 aliphatic carbocycles. The summed E-state index contributed by atoms with van der Waals surface area (Å²) in [6, 6.07) is 25.1. The molecule has 18 heteroatoms.